The number of carbonyl (C=O) groups is 2. The number of Topliss-reactive ketones (excluding diaryl/α,β-unsaturated/α-hetero) is 1. The van der Waals surface area contributed by atoms with Crippen molar-refractivity contribution in [3.63, 3.8) is 0 Å². The molecule has 4 rings (SSSR count). The fourth-order valence-electron chi connectivity index (χ4n) is 4.47. The topological polar surface area (TPSA) is 54.8 Å². The molecule has 0 saturated carbocycles. The number of amides is 1. The van der Waals surface area contributed by atoms with E-state index < -0.39 is 0 Å². The summed E-state index contributed by atoms with van der Waals surface area (Å²) in [7, 11) is 0. The van der Waals surface area contributed by atoms with Crippen LogP contribution in [0.15, 0.2) is 41.8 Å². The highest BCUT2D eigenvalue weighted by Gasteiger charge is 2.21. The zero-order chi connectivity index (χ0) is 23.2. The molecule has 3 aromatic rings. The van der Waals surface area contributed by atoms with Crippen molar-refractivity contribution < 1.29 is 14.3 Å². The largest absolute Gasteiger partial charge is 0.379 e. The first-order chi connectivity index (χ1) is 16.1. The van der Waals surface area contributed by atoms with E-state index >= 15 is 0 Å². The van der Waals surface area contributed by atoms with E-state index in [9.17, 15) is 9.59 Å². The van der Waals surface area contributed by atoms with Crippen LogP contribution in [-0.4, -0.2) is 60.6 Å². The zero-order valence-electron chi connectivity index (χ0n) is 19.6. The van der Waals surface area contributed by atoms with Gasteiger partial charge in [-0.2, -0.15) is 0 Å². The third kappa shape index (κ3) is 5.72. The number of carbonyl (C=O) groups excluding carboxylic acids is 2. The summed E-state index contributed by atoms with van der Waals surface area (Å²) < 4.78 is 8.37. The fourth-order valence-corrected chi connectivity index (χ4v) is 5.29. The van der Waals surface area contributed by atoms with Crippen LogP contribution in [0.25, 0.3) is 10.2 Å². The Morgan fingerprint density at radius 1 is 1.12 bits per heavy atom. The first kappa shape index (κ1) is 23.7. The highest BCUT2D eigenvalue weighted by Crippen LogP contribution is 2.27. The van der Waals surface area contributed by atoms with Crippen LogP contribution in [0.5, 0.6) is 0 Å². The molecular weight excluding hydrogens is 434 g/mol. The molecule has 0 N–H and O–H groups in total. The number of morpholine rings is 1. The van der Waals surface area contributed by atoms with Gasteiger partial charge < -0.3 is 14.2 Å². The van der Waals surface area contributed by atoms with Gasteiger partial charge in [-0.1, -0.05) is 12.1 Å². The number of nitrogens with zero attached hydrogens (tertiary/aromatic N) is 3. The Morgan fingerprint density at radius 3 is 2.70 bits per heavy atom. The molecule has 0 unspecified atom stereocenters. The Bertz CT molecular complexity index is 1100. The summed E-state index contributed by atoms with van der Waals surface area (Å²) in [6, 6.07) is 12.0. The number of ketones is 1. The lowest BCUT2D eigenvalue weighted by atomic mass is 10.1. The van der Waals surface area contributed by atoms with Crippen molar-refractivity contribution in [3.05, 3.63) is 53.0 Å². The second-order valence-corrected chi connectivity index (χ2v) is 9.54. The summed E-state index contributed by atoms with van der Waals surface area (Å²) in [6.45, 7) is 9.32. The number of hydrogen-bond donors (Lipinski definition) is 0. The minimum atomic E-state index is -0.00633. The first-order valence-electron chi connectivity index (χ1n) is 11.8. The predicted molar refractivity (Wildman–Crippen MR) is 134 cm³/mol. The average Bonchev–Trinajstić information content (AvgIpc) is 3.41. The summed E-state index contributed by atoms with van der Waals surface area (Å²) in [5.41, 5.74) is 3.63. The second kappa shape index (κ2) is 11.1. The molecule has 33 heavy (non-hydrogen) atoms. The Kier molecular flexibility index (Phi) is 7.96. The van der Waals surface area contributed by atoms with Crippen molar-refractivity contribution >= 4 is 38.9 Å². The lowest BCUT2D eigenvalue weighted by Gasteiger charge is -2.26. The maximum atomic E-state index is 13.3. The molecule has 1 fully saturated rings. The average molecular weight is 468 g/mol. The van der Waals surface area contributed by atoms with Gasteiger partial charge in [0, 0.05) is 31.7 Å². The predicted octanol–water partition coefficient (Wildman–Crippen LogP) is 4.75. The Hall–Kier alpha value is -2.48. The molecule has 3 heterocycles. The summed E-state index contributed by atoms with van der Waals surface area (Å²) in [5.74, 6) is 0.111. The summed E-state index contributed by atoms with van der Waals surface area (Å²) in [4.78, 5) is 30.6. The maximum absolute atomic E-state index is 13.3. The van der Waals surface area contributed by atoms with Gasteiger partial charge in [0.1, 0.15) is 6.54 Å². The molecule has 1 saturated heterocycles. The highest BCUT2D eigenvalue weighted by atomic mass is 32.1. The van der Waals surface area contributed by atoms with Gasteiger partial charge in [-0.3, -0.25) is 14.5 Å². The zero-order valence-corrected chi connectivity index (χ0v) is 20.4. The maximum Gasteiger partial charge on any atom is 0.246 e. The van der Waals surface area contributed by atoms with Gasteiger partial charge in [0.15, 0.2) is 5.78 Å². The van der Waals surface area contributed by atoms with Crippen molar-refractivity contribution in [3.8, 4) is 0 Å². The van der Waals surface area contributed by atoms with E-state index in [1.54, 1.807) is 16.2 Å². The molecular formula is C26H33N3O3S. The van der Waals surface area contributed by atoms with Gasteiger partial charge >= 0.3 is 0 Å². The molecule has 176 valence electrons. The smallest absolute Gasteiger partial charge is 0.246 e. The quantitative estimate of drug-likeness (QED) is 0.319. The standard InChI is InChI=1S/C26H33N3O3S/c1-3-28(21-8-6-7-20(2)17-21)26(31)19-29-22-10-16-33-25(22)18-23(29)24(30)9-4-5-11-27-12-14-32-15-13-27/h6-8,10,16-18H,3-5,9,11-15,19H2,1-2H3. The third-order valence-electron chi connectivity index (χ3n) is 6.26. The van der Waals surface area contributed by atoms with Gasteiger partial charge in [0.2, 0.25) is 5.91 Å². The molecule has 2 aromatic heterocycles. The number of rotatable bonds is 10. The van der Waals surface area contributed by atoms with Crippen LogP contribution in [0.4, 0.5) is 5.69 Å². The number of benzene rings is 1. The Labute approximate surface area is 199 Å². The lowest BCUT2D eigenvalue weighted by Crippen LogP contribution is -2.36. The van der Waals surface area contributed by atoms with E-state index in [-0.39, 0.29) is 18.2 Å². The molecule has 0 radical (unpaired) electrons. The van der Waals surface area contributed by atoms with Crippen molar-refractivity contribution in [2.75, 3.05) is 44.3 Å². The number of fused-ring (bicyclic) bond motifs is 1. The summed E-state index contributed by atoms with van der Waals surface area (Å²) in [5, 5.41) is 2.01. The van der Waals surface area contributed by atoms with E-state index in [2.05, 4.69) is 4.90 Å². The van der Waals surface area contributed by atoms with Crippen molar-refractivity contribution in [2.45, 2.75) is 39.7 Å². The van der Waals surface area contributed by atoms with E-state index in [0.29, 0.717) is 18.7 Å². The van der Waals surface area contributed by atoms with E-state index in [1.807, 2.05) is 60.2 Å². The number of aryl methyl sites for hydroxylation is 1. The fraction of sp³-hybridized carbons (Fsp3) is 0.462. The van der Waals surface area contributed by atoms with Gasteiger partial charge in [-0.15, -0.1) is 11.3 Å². The van der Waals surface area contributed by atoms with Gasteiger partial charge in [0.05, 0.1) is 29.1 Å². The van der Waals surface area contributed by atoms with Gasteiger partial charge in [-0.25, -0.2) is 0 Å². The van der Waals surface area contributed by atoms with E-state index in [4.69, 9.17) is 4.74 Å². The Morgan fingerprint density at radius 2 is 1.94 bits per heavy atom. The molecule has 0 atom stereocenters. The number of anilines is 1. The number of thiophene rings is 1. The molecule has 7 heteroatoms. The third-order valence-corrected chi connectivity index (χ3v) is 7.12. The molecule has 6 nitrogen and oxygen atoms in total. The summed E-state index contributed by atoms with van der Waals surface area (Å²) >= 11 is 1.61. The van der Waals surface area contributed by atoms with Crippen molar-refractivity contribution in [1.82, 2.24) is 9.47 Å². The molecule has 0 spiro atoms. The molecule has 1 aliphatic heterocycles. The van der Waals surface area contributed by atoms with Crippen LogP contribution in [0.3, 0.4) is 0 Å². The van der Waals surface area contributed by atoms with Crippen molar-refractivity contribution in [1.29, 1.82) is 0 Å². The number of unbranched alkanes of at least 4 members (excludes halogenated alkanes) is 1. The Balaban J connectivity index is 1.44. The normalized spacial score (nSPS) is 14.6. The summed E-state index contributed by atoms with van der Waals surface area (Å²) in [6.07, 6.45) is 2.36. The van der Waals surface area contributed by atoms with Crippen molar-refractivity contribution in [2.24, 2.45) is 0 Å². The van der Waals surface area contributed by atoms with E-state index in [1.165, 1.54) is 0 Å². The number of likely N-dealkylation sites (N-methyl/N-ethyl adjacent to an activating group) is 1. The monoisotopic (exact) mass is 467 g/mol. The minimum absolute atomic E-state index is 0.00633. The van der Waals surface area contributed by atoms with Crippen LogP contribution in [0, 0.1) is 6.92 Å². The molecule has 0 bridgehead atoms. The first-order valence-corrected chi connectivity index (χ1v) is 12.7. The second-order valence-electron chi connectivity index (χ2n) is 8.60. The van der Waals surface area contributed by atoms with Crippen LogP contribution in [0.1, 0.15) is 42.2 Å². The van der Waals surface area contributed by atoms with Crippen LogP contribution < -0.4 is 4.90 Å². The number of ether oxygens (including phenoxy) is 1. The molecule has 0 aliphatic carbocycles. The molecule has 1 aromatic carbocycles. The van der Waals surface area contributed by atoms with Gasteiger partial charge in [-0.05, 0) is 68.4 Å². The number of hydrogen-bond acceptors (Lipinski definition) is 5. The SMILES string of the molecule is CCN(C(=O)Cn1c(C(=O)CCCCN2CCOCC2)cc2sccc21)c1cccc(C)c1. The minimum Gasteiger partial charge on any atom is -0.379 e. The van der Waals surface area contributed by atoms with Crippen LogP contribution in [-0.2, 0) is 16.1 Å². The molecule has 1 amide bonds. The number of aromatic nitrogens is 1. The lowest BCUT2D eigenvalue weighted by molar-refractivity contribution is -0.119. The molecule has 1 aliphatic rings. The van der Waals surface area contributed by atoms with Crippen LogP contribution >= 0.6 is 11.3 Å². The van der Waals surface area contributed by atoms with E-state index in [0.717, 1.165) is 67.2 Å². The van der Waals surface area contributed by atoms with Crippen LogP contribution in [0.2, 0.25) is 0 Å². The highest BCUT2D eigenvalue weighted by molar-refractivity contribution is 7.17. The van der Waals surface area contributed by atoms with Gasteiger partial charge in [0.25, 0.3) is 0 Å².